The van der Waals surface area contributed by atoms with Gasteiger partial charge in [-0.3, -0.25) is 9.59 Å². The van der Waals surface area contributed by atoms with E-state index in [9.17, 15) is 14.7 Å². The van der Waals surface area contributed by atoms with Crippen molar-refractivity contribution in [3.63, 3.8) is 0 Å². The highest BCUT2D eigenvalue weighted by Gasteiger charge is 2.46. The van der Waals surface area contributed by atoms with Crippen LogP contribution in [0.25, 0.3) is 11.4 Å². The Kier molecular flexibility index (Phi) is 8.59. The smallest absolute Gasteiger partial charge is 0.295 e. The summed E-state index contributed by atoms with van der Waals surface area (Å²) in [7, 11) is 1.59. The number of hydrogen-bond acceptors (Lipinski definition) is 7. The molecule has 9 heteroatoms. The molecule has 218 valence electrons. The van der Waals surface area contributed by atoms with Gasteiger partial charge in [-0.15, -0.1) is 0 Å². The van der Waals surface area contributed by atoms with Crippen molar-refractivity contribution >= 4 is 23.1 Å². The highest BCUT2D eigenvalue weighted by molar-refractivity contribution is 6.46. The van der Waals surface area contributed by atoms with Crippen molar-refractivity contribution in [2.75, 3.05) is 26.9 Å². The number of aryl methyl sites for hydroxylation is 2. The highest BCUT2D eigenvalue weighted by atomic mass is 16.5. The van der Waals surface area contributed by atoms with Crippen LogP contribution in [0.3, 0.4) is 0 Å². The van der Waals surface area contributed by atoms with Crippen molar-refractivity contribution in [3.05, 3.63) is 101 Å². The molecule has 0 spiro atoms. The molecule has 0 bridgehead atoms. The fourth-order valence-electron chi connectivity index (χ4n) is 5.33. The number of aliphatic hydroxyl groups is 1. The monoisotopic (exact) mass is 569 g/mol. The van der Waals surface area contributed by atoms with Crippen LogP contribution in [0.2, 0.25) is 0 Å². The molecule has 0 radical (unpaired) electrons. The van der Waals surface area contributed by atoms with E-state index in [1.807, 2.05) is 73.8 Å². The Labute approximate surface area is 245 Å². The van der Waals surface area contributed by atoms with Crippen LogP contribution >= 0.6 is 0 Å². The number of carbonyl (C=O) groups excluding carboxylic acids is 2. The Morgan fingerprint density at radius 3 is 2.50 bits per heavy atom. The minimum atomic E-state index is -0.852. The summed E-state index contributed by atoms with van der Waals surface area (Å²) in [6, 6.07) is 18.1. The Hall–Kier alpha value is -4.63. The third-order valence-corrected chi connectivity index (χ3v) is 7.42. The van der Waals surface area contributed by atoms with Crippen LogP contribution < -0.4 is 9.47 Å². The number of methoxy groups -OCH3 is 1. The van der Waals surface area contributed by atoms with Crippen LogP contribution in [0.4, 0.5) is 0 Å². The van der Waals surface area contributed by atoms with Crippen LogP contribution in [-0.2, 0) is 20.9 Å². The molecule has 1 unspecified atom stereocenters. The lowest BCUT2D eigenvalue weighted by Crippen LogP contribution is -2.31. The number of rotatable bonds is 11. The van der Waals surface area contributed by atoms with Crippen LogP contribution in [0.15, 0.2) is 72.4 Å². The average Bonchev–Trinajstić information content (AvgIpc) is 3.47. The van der Waals surface area contributed by atoms with Crippen molar-refractivity contribution in [1.29, 1.82) is 0 Å². The molecule has 1 aliphatic heterocycles. The maximum Gasteiger partial charge on any atom is 0.295 e. The SMILES string of the molecule is CCOc1cc(C2C(=C(O)c3nc4c(C)cccn4c3C)C(=O)C(=O)N2CCCOC)ccc1OCc1ccccc1. The Balaban J connectivity index is 1.60. The summed E-state index contributed by atoms with van der Waals surface area (Å²) in [5.41, 5.74) is 4.12. The van der Waals surface area contributed by atoms with E-state index in [2.05, 4.69) is 4.98 Å². The molecule has 0 saturated carbocycles. The van der Waals surface area contributed by atoms with Gasteiger partial charge in [0.15, 0.2) is 17.3 Å². The second kappa shape index (κ2) is 12.5. The molecular formula is C33H35N3O6. The minimum absolute atomic E-state index is 0.0121. The maximum atomic E-state index is 13.5. The van der Waals surface area contributed by atoms with Gasteiger partial charge in [-0.05, 0) is 62.1 Å². The van der Waals surface area contributed by atoms with Gasteiger partial charge in [0.25, 0.3) is 11.7 Å². The number of ether oxygens (including phenoxy) is 3. The van der Waals surface area contributed by atoms with E-state index in [1.165, 1.54) is 4.90 Å². The van der Waals surface area contributed by atoms with E-state index < -0.39 is 17.7 Å². The number of Topliss-reactive ketones (excluding diaryl/α,β-unsaturated/α-hetero) is 1. The predicted molar refractivity (Wildman–Crippen MR) is 159 cm³/mol. The van der Waals surface area contributed by atoms with E-state index >= 15 is 0 Å². The first-order valence-corrected chi connectivity index (χ1v) is 14.0. The van der Waals surface area contributed by atoms with Crippen LogP contribution in [0.5, 0.6) is 11.5 Å². The van der Waals surface area contributed by atoms with Crippen molar-refractivity contribution < 1.29 is 28.9 Å². The Morgan fingerprint density at radius 1 is 1.00 bits per heavy atom. The summed E-state index contributed by atoms with van der Waals surface area (Å²) in [4.78, 5) is 33.1. The zero-order valence-electron chi connectivity index (χ0n) is 24.3. The number of aliphatic hydroxyl groups excluding tert-OH is 1. The van der Waals surface area contributed by atoms with Gasteiger partial charge in [0.1, 0.15) is 17.9 Å². The lowest BCUT2D eigenvalue weighted by Gasteiger charge is -2.26. The zero-order chi connectivity index (χ0) is 29.8. The zero-order valence-corrected chi connectivity index (χ0v) is 24.3. The largest absolute Gasteiger partial charge is 0.505 e. The van der Waals surface area contributed by atoms with Crippen molar-refractivity contribution in [1.82, 2.24) is 14.3 Å². The van der Waals surface area contributed by atoms with Gasteiger partial charge in [-0.2, -0.15) is 0 Å². The quantitative estimate of drug-likeness (QED) is 0.112. The van der Waals surface area contributed by atoms with Gasteiger partial charge in [0.2, 0.25) is 0 Å². The molecule has 3 heterocycles. The molecule has 1 aliphatic rings. The molecule has 0 aliphatic carbocycles. The summed E-state index contributed by atoms with van der Waals surface area (Å²) < 4.78 is 19.1. The van der Waals surface area contributed by atoms with Gasteiger partial charge in [0, 0.05) is 26.5 Å². The summed E-state index contributed by atoms with van der Waals surface area (Å²) in [6.45, 7) is 7.04. The number of hydrogen-bond donors (Lipinski definition) is 1. The third-order valence-electron chi connectivity index (χ3n) is 7.42. The number of pyridine rings is 1. The number of fused-ring (bicyclic) bond motifs is 1. The van der Waals surface area contributed by atoms with Gasteiger partial charge in [0.05, 0.1) is 23.9 Å². The van der Waals surface area contributed by atoms with Gasteiger partial charge >= 0.3 is 0 Å². The standard InChI is InChI=1S/C33H35N3O6/c1-5-41-26-19-24(14-15-25(26)42-20-23-12-7-6-8-13-23)29-27(31(38)33(39)36(29)17-10-18-40-4)30(37)28-22(3)35-16-9-11-21(2)32(35)34-28/h6-9,11-16,19,29,37H,5,10,17-18,20H2,1-4H3. The first-order chi connectivity index (χ1) is 20.3. The molecule has 4 aromatic rings. The number of nitrogens with zero attached hydrogens (tertiary/aromatic N) is 3. The van der Waals surface area contributed by atoms with Gasteiger partial charge in [-0.1, -0.05) is 42.5 Å². The topological polar surface area (TPSA) is 103 Å². The fourth-order valence-corrected chi connectivity index (χ4v) is 5.33. The number of imidazole rings is 1. The molecule has 1 atom stereocenters. The first kappa shape index (κ1) is 28.9. The molecule has 1 N–H and O–H groups in total. The lowest BCUT2D eigenvalue weighted by molar-refractivity contribution is -0.140. The number of ketones is 1. The van der Waals surface area contributed by atoms with Crippen LogP contribution in [-0.4, -0.2) is 57.9 Å². The fraction of sp³-hybridized carbons (Fsp3) is 0.303. The summed E-state index contributed by atoms with van der Waals surface area (Å²) in [6.07, 6.45) is 2.37. The molecule has 2 aromatic carbocycles. The Morgan fingerprint density at radius 2 is 1.79 bits per heavy atom. The number of amides is 1. The van der Waals surface area contributed by atoms with Crippen molar-refractivity contribution in [3.8, 4) is 11.5 Å². The minimum Gasteiger partial charge on any atom is -0.505 e. The summed E-state index contributed by atoms with van der Waals surface area (Å²) in [5, 5.41) is 11.7. The number of carbonyl (C=O) groups is 2. The van der Waals surface area contributed by atoms with E-state index in [-0.39, 0.29) is 23.6 Å². The third kappa shape index (κ3) is 5.47. The van der Waals surface area contributed by atoms with Crippen molar-refractivity contribution in [2.45, 2.75) is 39.8 Å². The number of aromatic nitrogens is 2. The molecule has 2 aromatic heterocycles. The predicted octanol–water partition coefficient (Wildman–Crippen LogP) is 5.39. The molecule has 1 amide bonds. The van der Waals surface area contributed by atoms with E-state index in [0.717, 1.165) is 11.1 Å². The molecule has 5 rings (SSSR count). The summed E-state index contributed by atoms with van der Waals surface area (Å²) in [5.74, 6) is -0.737. The van der Waals surface area contributed by atoms with E-state index in [0.29, 0.717) is 54.6 Å². The molecular weight excluding hydrogens is 534 g/mol. The van der Waals surface area contributed by atoms with E-state index in [1.54, 1.807) is 25.3 Å². The maximum absolute atomic E-state index is 13.5. The normalized spacial score (nSPS) is 16.4. The first-order valence-electron chi connectivity index (χ1n) is 14.0. The molecule has 1 saturated heterocycles. The molecule has 1 fully saturated rings. The van der Waals surface area contributed by atoms with Crippen LogP contribution in [0.1, 0.15) is 47.5 Å². The second-order valence-electron chi connectivity index (χ2n) is 10.2. The Bertz CT molecular complexity index is 1640. The summed E-state index contributed by atoms with van der Waals surface area (Å²) >= 11 is 0. The van der Waals surface area contributed by atoms with Crippen LogP contribution in [0, 0.1) is 13.8 Å². The van der Waals surface area contributed by atoms with Gasteiger partial charge < -0.3 is 28.6 Å². The number of likely N-dealkylation sites (tertiary alicyclic amines) is 1. The van der Waals surface area contributed by atoms with Crippen molar-refractivity contribution in [2.24, 2.45) is 0 Å². The highest BCUT2D eigenvalue weighted by Crippen LogP contribution is 2.42. The van der Waals surface area contributed by atoms with E-state index in [4.69, 9.17) is 14.2 Å². The molecule has 42 heavy (non-hydrogen) atoms. The average molecular weight is 570 g/mol. The second-order valence-corrected chi connectivity index (χ2v) is 10.2. The van der Waals surface area contributed by atoms with Gasteiger partial charge in [-0.25, -0.2) is 4.98 Å². The molecule has 9 nitrogen and oxygen atoms in total. The lowest BCUT2D eigenvalue weighted by atomic mass is 9.96. The number of benzene rings is 2.